The largest absolute Gasteiger partial charge is 0.330 e. The zero-order valence-corrected chi connectivity index (χ0v) is 10.0. The van der Waals surface area contributed by atoms with E-state index < -0.39 is 0 Å². The van der Waals surface area contributed by atoms with E-state index in [0.29, 0.717) is 0 Å². The Labute approximate surface area is 96.3 Å². The van der Waals surface area contributed by atoms with Crippen LogP contribution in [-0.4, -0.2) is 16.1 Å². The van der Waals surface area contributed by atoms with E-state index in [1.165, 1.54) is 11.1 Å². The summed E-state index contributed by atoms with van der Waals surface area (Å²) in [6, 6.07) is 6.54. The second kappa shape index (κ2) is 4.66. The highest BCUT2D eigenvalue weighted by atomic mass is 15.1. The fourth-order valence-electron chi connectivity index (χ4n) is 2.16. The minimum atomic E-state index is 0.750. The van der Waals surface area contributed by atoms with E-state index in [-0.39, 0.29) is 0 Å². The average Bonchev–Trinajstić information content (AvgIpc) is 2.60. The van der Waals surface area contributed by atoms with E-state index in [1.54, 1.807) is 0 Å². The van der Waals surface area contributed by atoms with E-state index >= 15 is 0 Å². The summed E-state index contributed by atoms with van der Waals surface area (Å²) >= 11 is 0. The van der Waals surface area contributed by atoms with Crippen LogP contribution in [0.2, 0.25) is 0 Å². The van der Waals surface area contributed by atoms with Crippen LogP contribution in [0.1, 0.15) is 24.7 Å². The van der Waals surface area contributed by atoms with Crippen molar-refractivity contribution >= 4 is 11.0 Å². The van der Waals surface area contributed by atoms with Gasteiger partial charge in [-0.15, -0.1) is 0 Å². The highest BCUT2D eigenvalue weighted by Gasteiger charge is 2.05. The minimum absolute atomic E-state index is 0.750. The second-order valence-corrected chi connectivity index (χ2v) is 4.12. The molecule has 1 heterocycles. The van der Waals surface area contributed by atoms with Gasteiger partial charge in [0.05, 0.1) is 11.0 Å². The van der Waals surface area contributed by atoms with Gasteiger partial charge in [-0.3, -0.25) is 0 Å². The van der Waals surface area contributed by atoms with Gasteiger partial charge in [-0.25, -0.2) is 4.98 Å². The van der Waals surface area contributed by atoms with Gasteiger partial charge in [0.2, 0.25) is 0 Å². The van der Waals surface area contributed by atoms with E-state index in [2.05, 4.69) is 41.6 Å². The second-order valence-electron chi connectivity index (χ2n) is 4.12. The van der Waals surface area contributed by atoms with Crippen molar-refractivity contribution in [3.8, 4) is 0 Å². The first-order valence-electron chi connectivity index (χ1n) is 5.92. The minimum Gasteiger partial charge on any atom is -0.330 e. The molecule has 1 aromatic carbocycles. The Bertz CT molecular complexity index is 485. The predicted octanol–water partition coefficient (Wildman–Crippen LogP) is 2.26. The Balaban J connectivity index is 2.39. The van der Waals surface area contributed by atoms with Gasteiger partial charge in [0, 0.05) is 6.54 Å². The van der Waals surface area contributed by atoms with Crippen LogP contribution >= 0.6 is 0 Å². The van der Waals surface area contributed by atoms with Crippen LogP contribution in [0, 0.1) is 6.92 Å². The molecule has 0 unspecified atom stereocenters. The Kier molecular flexibility index (Phi) is 3.25. The molecule has 0 aliphatic heterocycles. The first-order valence-corrected chi connectivity index (χ1v) is 5.92. The van der Waals surface area contributed by atoms with Crippen molar-refractivity contribution in [2.45, 2.75) is 33.2 Å². The summed E-state index contributed by atoms with van der Waals surface area (Å²) in [6.45, 7) is 5.93. The van der Waals surface area contributed by atoms with Crippen LogP contribution in [0.25, 0.3) is 11.0 Å². The third kappa shape index (κ3) is 1.95. The highest BCUT2D eigenvalue weighted by Crippen LogP contribution is 2.18. The molecule has 16 heavy (non-hydrogen) atoms. The van der Waals surface area contributed by atoms with Gasteiger partial charge in [-0.2, -0.15) is 0 Å². The molecule has 0 spiro atoms. The molecule has 2 N–H and O–H groups in total. The zero-order valence-electron chi connectivity index (χ0n) is 10.0. The molecule has 3 heteroatoms. The van der Waals surface area contributed by atoms with E-state index in [1.807, 2.05) is 0 Å². The lowest BCUT2D eigenvalue weighted by molar-refractivity contribution is 0.753. The fraction of sp³-hybridized carbons (Fsp3) is 0.462. The van der Waals surface area contributed by atoms with Gasteiger partial charge in [0.1, 0.15) is 5.82 Å². The van der Waals surface area contributed by atoms with Crippen LogP contribution < -0.4 is 5.73 Å². The quantitative estimate of drug-likeness (QED) is 0.853. The molecule has 2 rings (SSSR count). The first-order chi connectivity index (χ1) is 7.76. The summed E-state index contributed by atoms with van der Waals surface area (Å²) in [5.41, 5.74) is 9.19. The Morgan fingerprint density at radius 1 is 1.38 bits per heavy atom. The normalized spacial score (nSPS) is 11.2. The fourth-order valence-corrected chi connectivity index (χ4v) is 2.16. The van der Waals surface area contributed by atoms with Crippen molar-refractivity contribution in [3.05, 3.63) is 29.6 Å². The Morgan fingerprint density at radius 3 is 2.88 bits per heavy atom. The molecule has 3 nitrogen and oxygen atoms in total. The summed E-state index contributed by atoms with van der Waals surface area (Å²) < 4.78 is 2.24. The van der Waals surface area contributed by atoms with Crippen LogP contribution in [0.5, 0.6) is 0 Å². The molecule has 0 bridgehead atoms. The van der Waals surface area contributed by atoms with E-state index in [9.17, 15) is 0 Å². The van der Waals surface area contributed by atoms with Crippen molar-refractivity contribution in [2.24, 2.45) is 5.73 Å². The zero-order chi connectivity index (χ0) is 11.5. The molecule has 0 radical (unpaired) electrons. The molecule has 1 aromatic heterocycles. The molecule has 0 amide bonds. The molecule has 0 fully saturated rings. The van der Waals surface area contributed by atoms with Crippen LogP contribution in [0.15, 0.2) is 18.2 Å². The van der Waals surface area contributed by atoms with Crippen LogP contribution in [0.4, 0.5) is 0 Å². The number of hydrogen-bond donors (Lipinski definition) is 1. The van der Waals surface area contributed by atoms with Gasteiger partial charge in [-0.05, 0) is 50.9 Å². The topological polar surface area (TPSA) is 43.8 Å². The smallest absolute Gasteiger partial charge is 0.106 e. The molecule has 0 saturated carbocycles. The molecule has 0 aliphatic carbocycles. The van der Waals surface area contributed by atoms with Crippen molar-refractivity contribution in [1.82, 2.24) is 9.55 Å². The summed E-state index contributed by atoms with van der Waals surface area (Å²) in [5.74, 6) is 1.09. The number of aryl methyl sites for hydroxylation is 3. The lowest BCUT2D eigenvalue weighted by atomic mass is 10.1. The van der Waals surface area contributed by atoms with Crippen LogP contribution in [0.3, 0.4) is 0 Å². The summed E-state index contributed by atoms with van der Waals surface area (Å²) in [6.07, 6.45) is 2.09. The van der Waals surface area contributed by atoms with Gasteiger partial charge in [0.25, 0.3) is 0 Å². The molecule has 0 atom stereocenters. The Hall–Kier alpha value is -1.35. The number of hydrogen-bond acceptors (Lipinski definition) is 2. The molecule has 86 valence electrons. The van der Waals surface area contributed by atoms with Gasteiger partial charge in [0.15, 0.2) is 0 Å². The highest BCUT2D eigenvalue weighted by molar-refractivity contribution is 5.76. The number of imidazole rings is 1. The molecular formula is C13H19N3. The van der Waals surface area contributed by atoms with Gasteiger partial charge < -0.3 is 10.3 Å². The SMILES string of the molecule is CCn1c(C)nc2cc(CCCN)ccc21. The maximum atomic E-state index is 5.52. The third-order valence-electron chi connectivity index (χ3n) is 2.99. The molecule has 0 saturated heterocycles. The van der Waals surface area contributed by atoms with Crippen molar-refractivity contribution < 1.29 is 0 Å². The summed E-state index contributed by atoms with van der Waals surface area (Å²) in [5, 5.41) is 0. The van der Waals surface area contributed by atoms with Crippen LogP contribution in [-0.2, 0) is 13.0 Å². The molecule has 2 aromatic rings. The van der Waals surface area contributed by atoms with Crippen molar-refractivity contribution in [2.75, 3.05) is 6.54 Å². The molecular weight excluding hydrogens is 198 g/mol. The van der Waals surface area contributed by atoms with E-state index in [4.69, 9.17) is 5.73 Å². The number of nitrogens with two attached hydrogens (primary N) is 1. The number of fused-ring (bicyclic) bond motifs is 1. The maximum absolute atomic E-state index is 5.52. The number of rotatable bonds is 4. The number of aromatic nitrogens is 2. The van der Waals surface area contributed by atoms with Gasteiger partial charge >= 0.3 is 0 Å². The molecule has 0 aliphatic rings. The monoisotopic (exact) mass is 217 g/mol. The third-order valence-corrected chi connectivity index (χ3v) is 2.99. The van der Waals surface area contributed by atoms with Crippen molar-refractivity contribution in [1.29, 1.82) is 0 Å². The standard InChI is InChI=1S/C13H19N3/c1-3-16-10(2)15-12-9-11(5-4-8-14)6-7-13(12)16/h6-7,9H,3-5,8,14H2,1-2H3. The maximum Gasteiger partial charge on any atom is 0.106 e. The Morgan fingerprint density at radius 2 is 2.19 bits per heavy atom. The summed E-state index contributed by atoms with van der Waals surface area (Å²) in [7, 11) is 0. The van der Waals surface area contributed by atoms with Crippen molar-refractivity contribution in [3.63, 3.8) is 0 Å². The predicted molar refractivity (Wildman–Crippen MR) is 67.5 cm³/mol. The number of benzene rings is 1. The summed E-state index contributed by atoms with van der Waals surface area (Å²) in [4.78, 5) is 4.58. The first kappa shape index (κ1) is 11.1. The lowest BCUT2D eigenvalue weighted by Gasteiger charge is -2.03. The average molecular weight is 217 g/mol. The van der Waals surface area contributed by atoms with E-state index in [0.717, 1.165) is 37.3 Å². The number of nitrogens with zero attached hydrogens (tertiary/aromatic N) is 2. The lowest BCUT2D eigenvalue weighted by Crippen LogP contribution is -2.00. The van der Waals surface area contributed by atoms with Gasteiger partial charge in [-0.1, -0.05) is 6.07 Å².